The quantitative estimate of drug-likeness (QED) is 0.271. The molecule has 0 radical (unpaired) electrons. The van der Waals surface area contributed by atoms with Gasteiger partial charge in [-0.25, -0.2) is 0 Å². The molecule has 0 fully saturated rings. The molecule has 0 nitrogen and oxygen atoms in total. The molecular weight excluding hydrogens is 171 g/mol. The second kappa shape index (κ2) is 6.65. The van der Waals surface area contributed by atoms with Crippen LogP contribution in [0.15, 0.2) is 12.2 Å². The third-order valence-electron chi connectivity index (χ3n) is 1.03. The van der Waals surface area contributed by atoms with E-state index in [0.29, 0.717) is 0 Å². The summed E-state index contributed by atoms with van der Waals surface area (Å²) in [6.45, 7) is 2.03. The summed E-state index contributed by atoms with van der Waals surface area (Å²) < 4.78 is 0. The molecule has 0 amide bonds. The zero-order chi connectivity index (χ0) is 7.11. The Bertz CT molecular complexity index is 81.1. The van der Waals surface area contributed by atoms with Crippen molar-refractivity contribution in [1.82, 2.24) is 0 Å². The van der Waals surface area contributed by atoms with Gasteiger partial charge in [0.05, 0.1) is 0 Å². The smallest absolute Gasteiger partial charge is 0.105 e. The van der Waals surface area contributed by atoms with Crippen LogP contribution in [0.4, 0.5) is 0 Å². The minimum atomic E-state index is -0.123. The molecule has 0 aliphatic carbocycles. The molecule has 3 heteroatoms. The van der Waals surface area contributed by atoms with Gasteiger partial charge in [-0.2, -0.15) is 0 Å². The maximum Gasteiger partial charge on any atom is 0.105 e. The van der Waals surface area contributed by atoms with Crippen LogP contribution in [0.25, 0.3) is 0 Å². The van der Waals surface area contributed by atoms with Gasteiger partial charge >= 0.3 is 0 Å². The van der Waals surface area contributed by atoms with E-state index in [4.69, 9.17) is 23.2 Å². The van der Waals surface area contributed by atoms with Crippen LogP contribution in [0.1, 0.15) is 6.92 Å². The molecule has 0 aliphatic rings. The first-order valence-electron chi connectivity index (χ1n) is 3.16. The number of hydrogen-bond donors (Lipinski definition) is 0. The third kappa shape index (κ3) is 8.54. The number of alkyl halides is 2. The van der Waals surface area contributed by atoms with Gasteiger partial charge in [-0.1, -0.05) is 12.2 Å². The molecule has 0 aromatic heterocycles. The van der Waals surface area contributed by atoms with E-state index in [1.807, 2.05) is 6.92 Å². The van der Waals surface area contributed by atoms with Gasteiger partial charge in [-0.05, 0) is 19.0 Å². The van der Waals surface area contributed by atoms with Crippen molar-refractivity contribution in [2.45, 2.75) is 23.8 Å². The van der Waals surface area contributed by atoms with Crippen molar-refractivity contribution < 1.29 is 0 Å². The number of halogens is 2. The minimum Gasteiger partial charge on any atom is -0.106 e. The third-order valence-corrected chi connectivity index (χ3v) is 3.92. The van der Waals surface area contributed by atoms with Crippen molar-refractivity contribution in [3.05, 3.63) is 12.2 Å². The molecule has 0 saturated carbocycles. The zero-order valence-electron chi connectivity index (χ0n) is 5.61. The minimum absolute atomic E-state index is 0.00215. The van der Waals surface area contributed by atoms with Gasteiger partial charge in [0, 0.05) is 9.52 Å². The van der Waals surface area contributed by atoms with Crippen LogP contribution in [-0.4, -0.2) is 14.4 Å². The normalized spacial score (nSPS) is 12.9. The Morgan fingerprint density at radius 1 is 1.56 bits per heavy atom. The molecule has 0 atom stereocenters. The topological polar surface area (TPSA) is 0 Å². The Morgan fingerprint density at radius 3 is 2.67 bits per heavy atom. The van der Waals surface area contributed by atoms with Crippen LogP contribution in [0, 0.1) is 0 Å². The van der Waals surface area contributed by atoms with Crippen LogP contribution in [0.3, 0.4) is 0 Å². The average Bonchev–Trinajstić information content (AvgIpc) is 1.80. The Balaban J connectivity index is 2.91. The molecule has 54 valence electrons. The Hall–Kier alpha value is 0.537. The fourth-order valence-corrected chi connectivity index (χ4v) is 2.60. The molecule has 0 rings (SSSR count). The highest BCUT2D eigenvalue weighted by Gasteiger charge is 1.95. The highest BCUT2D eigenvalue weighted by molar-refractivity contribution is 6.50. The zero-order valence-corrected chi connectivity index (χ0v) is 8.54. The van der Waals surface area contributed by atoms with Crippen molar-refractivity contribution in [2.24, 2.45) is 0 Å². The van der Waals surface area contributed by atoms with Crippen LogP contribution in [0.5, 0.6) is 0 Å². The van der Waals surface area contributed by atoms with Gasteiger partial charge in [0.25, 0.3) is 0 Å². The van der Waals surface area contributed by atoms with E-state index in [9.17, 15) is 0 Å². The predicted molar refractivity (Wildman–Crippen MR) is 48.5 cm³/mol. The van der Waals surface area contributed by atoms with E-state index >= 15 is 0 Å². The van der Waals surface area contributed by atoms with Gasteiger partial charge in [0.15, 0.2) is 0 Å². The highest BCUT2D eigenvalue weighted by Crippen LogP contribution is 2.07. The second-order valence-electron chi connectivity index (χ2n) is 1.89. The average molecular weight is 183 g/mol. The molecule has 0 bridgehead atoms. The molecule has 0 saturated heterocycles. The lowest BCUT2D eigenvalue weighted by Gasteiger charge is -1.94. The summed E-state index contributed by atoms with van der Waals surface area (Å²) in [4.78, 5) is -0.123. The van der Waals surface area contributed by atoms with Crippen LogP contribution in [0.2, 0.25) is 12.1 Å². The number of hydrogen-bond acceptors (Lipinski definition) is 0. The van der Waals surface area contributed by atoms with Crippen LogP contribution >= 0.6 is 23.2 Å². The largest absolute Gasteiger partial charge is 0.106 e. The van der Waals surface area contributed by atoms with Crippen molar-refractivity contribution in [2.75, 3.05) is 0 Å². The van der Waals surface area contributed by atoms with Gasteiger partial charge in [0.1, 0.15) is 4.84 Å². The Labute approximate surface area is 69.1 Å². The first kappa shape index (κ1) is 9.54. The molecule has 0 N–H and O–H groups in total. The standard InChI is InChI=1S/C6H12Cl2Si/c1-2-3-4-9-5-6(7)8/h2-3,6H,4-5,9H2,1H3. The summed E-state index contributed by atoms with van der Waals surface area (Å²) in [6, 6.07) is 2.26. The summed E-state index contributed by atoms with van der Waals surface area (Å²) >= 11 is 11.1. The molecule has 0 unspecified atom stereocenters. The summed E-state index contributed by atoms with van der Waals surface area (Å²) in [5.74, 6) is 0. The van der Waals surface area contributed by atoms with Crippen LogP contribution < -0.4 is 0 Å². The van der Waals surface area contributed by atoms with Gasteiger partial charge in [-0.15, -0.1) is 23.2 Å². The summed E-state index contributed by atoms with van der Waals surface area (Å²) in [6.07, 6.45) is 4.26. The van der Waals surface area contributed by atoms with Gasteiger partial charge < -0.3 is 0 Å². The lowest BCUT2D eigenvalue weighted by atomic mass is 10.6. The van der Waals surface area contributed by atoms with Gasteiger partial charge in [0.2, 0.25) is 0 Å². The van der Waals surface area contributed by atoms with E-state index < -0.39 is 0 Å². The predicted octanol–water partition coefficient (Wildman–Crippen LogP) is 2.37. The van der Waals surface area contributed by atoms with E-state index in [-0.39, 0.29) is 14.4 Å². The molecule has 9 heavy (non-hydrogen) atoms. The lowest BCUT2D eigenvalue weighted by molar-refractivity contribution is 1.33. The van der Waals surface area contributed by atoms with Gasteiger partial charge in [-0.3, -0.25) is 0 Å². The molecular formula is C6H12Cl2Si. The van der Waals surface area contributed by atoms with Crippen molar-refractivity contribution in [3.63, 3.8) is 0 Å². The highest BCUT2D eigenvalue weighted by atomic mass is 35.5. The summed E-state index contributed by atoms with van der Waals surface area (Å²) in [5, 5.41) is 0. The monoisotopic (exact) mass is 182 g/mol. The fraction of sp³-hybridized carbons (Fsp3) is 0.667. The molecule has 0 aliphatic heterocycles. The van der Waals surface area contributed by atoms with Crippen molar-refractivity contribution in [1.29, 1.82) is 0 Å². The molecule has 0 aromatic carbocycles. The molecule has 0 spiro atoms. The van der Waals surface area contributed by atoms with E-state index in [0.717, 1.165) is 6.04 Å². The van der Waals surface area contributed by atoms with E-state index in [1.165, 1.54) is 6.04 Å². The summed E-state index contributed by atoms with van der Waals surface area (Å²) in [5.41, 5.74) is 0. The first-order chi connectivity index (χ1) is 4.27. The Morgan fingerprint density at radius 2 is 2.22 bits per heavy atom. The van der Waals surface area contributed by atoms with Crippen molar-refractivity contribution in [3.8, 4) is 0 Å². The maximum absolute atomic E-state index is 5.53. The summed E-state index contributed by atoms with van der Waals surface area (Å²) in [7, 11) is 0.00215. The number of rotatable bonds is 4. The van der Waals surface area contributed by atoms with Crippen molar-refractivity contribution >= 4 is 32.7 Å². The van der Waals surface area contributed by atoms with E-state index in [1.54, 1.807) is 0 Å². The first-order valence-corrected chi connectivity index (χ1v) is 6.04. The number of allylic oxidation sites excluding steroid dienone is 2. The SMILES string of the molecule is CC=CC[SiH2]CC(Cl)Cl. The lowest BCUT2D eigenvalue weighted by Crippen LogP contribution is -1.93. The molecule has 0 aromatic rings. The molecule has 0 heterocycles. The Kier molecular flexibility index (Phi) is 7.05. The van der Waals surface area contributed by atoms with Crippen LogP contribution in [-0.2, 0) is 0 Å². The second-order valence-corrected chi connectivity index (χ2v) is 5.03. The fourth-order valence-electron chi connectivity index (χ4n) is 0.557. The van der Waals surface area contributed by atoms with E-state index in [2.05, 4.69) is 12.2 Å². The maximum atomic E-state index is 5.53.